The number of anilines is 1. The fourth-order valence-corrected chi connectivity index (χ4v) is 3.26. The number of hydrogen-bond acceptors (Lipinski definition) is 3. The summed E-state index contributed by atoms with van der Waals surface area (Å²) < 4.78 is 12.9. The Morgan fingerprint density at radius 3 is 2.54 bits per heavy atom. The quantitative estimate of drug-likeness (QED) is 0.838. The number of amides is 2. The summed E-state index contributed by atoms with van der Waals surface area (Å²) in [6.45, 7) is 4.29. The van der Waals surface area contributed by atoms with Gasteiger partial charge in [0.15, 0.2) is 0 Å². The van der Waals surface area contributed by atoms with Gasteiger partial charge in [-0.2, -0.15) is 0 Å². The second kappa shape index (κ2) is 8.24. The Bertz CT molecular complexity index is 574. The van der Waals surface area contributed by atoms with Crippen molar-refractivity contribution in [1.82, 2.24) is 4.90 Å². The van der Waals surface area contributed by atoms with Gasteiger partial charge in [-0.15, -0.1) is 0 Å². The maximum absolute atomic E-state index is 12.9. The van der Waals surface area contributed by atoms with E-state index in [1.165, 1.54) is 24.3 Å². The third-order valence-corrected chi connectivity index (χ3v) is 4.63. The first-order valence-corrected chi connectivity index (χ1v) is 8.48. The summed E-state index contributed by atoms with van der Waals surface area (Å²) in [5.74, 6) is -0.519. The van der Waals surface area contributed by atoms with E-state index in [0.29, 0.717) is 12.2 Å². The molecule has 3 N–H and O–H groups in total. The molecule has 24 heavy (non-hydrogen) atoms. The van der Waals surface area contributed by atoms with Crippen LogP contribution in [-0.2, 0) is 9.59 Å². The van der Waals surface area contributed by atoms with Crippen molar-refractivity contribution < 1.29 is 14.0 Å². The van der Waals surface area contributed by atoms with Crippen LogP contribution in [0.4, 0.5) is 10.1 Å². The highest BCUT2D eigenvalue weighted by Crippen LogP contribution is 2.32. The number of carbonyl (C=O) groups excluding carboxylic acids is 2. The lowest BCUT2D eigenvalue weighted by atomic mass is 9.94. The molecule has 1 aromatic rings. The molecule has 0 aromatic heterocycles. The normalized spacial score (nSPS) is 20.2. The fourth-order valence-electron chi connectivity index (χ4n) is 3.26. The van der Waals surface area contributed by atoms with Crippen LogP contribution in [0.15, 0.2) is 24.3 Å². The number of hydrogen-bond donors (Lipinski definition) is 2. The SMILES string of the molecule is CC(C)N(CC(=O)Nc1ccc(F)cc1)C(=O)[C@@H]1CCC[C@@H]1CN. The van der Waals surface area contributed by atoms with Crippen LogP contribution in [0.3, 0.4) is 0 Å². The number of halogens is 1. The third-order valence-electron chi connectivity index (χ3n) is 4.63. The Kier molecular flexibility index (Phi) is 6.31. The molecule has 132 valence electrons. The van der Waals surface area contributed by atoms with Crippen LogP contribution < -0.4 is 11.1 Å². The number of carbonyl (C=O) groups is 2. The number of nitrogens with one attached hydrogen (secondary N) is 1. The van der Waals surface area contributed by atoms with Gasteiger partial charge in [0.2, 0.25) is 11.8 Å². The Hall–Kier alpha value is -1.95. The maximum Gasteiger partial charge on any atom is 0.244 e. The highest BCUT2D eigenvalue weighted by molar-refractivity contribution is 5.95. The Labute approximate surface area is 142 Å². The standard InChI is InChI=1S/C18H26FN3O2/c1-12(2)22(18(24)16-5-3-4-13(16)10-20)11-17(23)21-15-8-6-14(19)7-9-15/h6-9,12-13,16H,3-5,10-11,20H2,1-2H3,(H,21,23)/t13-,16-/m1/s1. The molecule has 0 radical (unpaired) electrons. The smallest absolute Gasteiger partial charge is 0.244 e. The second-order valence-electron chi connectivity index (χ2n) is 6.65. The van der Waals surface area contributed by atoms with E-state index >= 15 is 0 Å². The molecule has 1 saturated carbocycles. The van der Waals surface area contributed by atoms with Gasteiger partial charge in [0.25, 0.3) is 0 Å². The molecule has 1 aliphatic rings. The van der Waals surface area contributed by atoms with E-state index in [0.717, 1.165) is 19.3 Å². The molecule has 5 nitrogen and oxygen atoms in total. The first-order chi connectivity index (χ1) is 11.4. The first-order valence-electron chi connectivity index (χ1n) is 8.48. The Balaban J connectivity index is 2.01. The van der Waals surface area contributed by atoms with Gasteiger partial charge in [0.1, 0.15) is 12.4 Å². The van der Waals surface area contributed by atoms with Crippen molar-refractivity contribution >= 4 is 17.5 Å². The van der Waals surface area contributed by atoms with Gasteiger partial charge in [0.05, 0.1) is 0 Å². The van der Waals surface area contributed by atoms with Crippen molar-refractivity contribution in [1.29, 1.82) is 0 Å². The third kappa shape index (κ3) is 4.54. The topological polar surface area (TPSA) is 75.4 Å². The molecular weight excluding hydrogens is 309 g/mol. The molecule has 2 rings (SSSR count). The largest absolute Gasteiger partial charge is 0.331 e. The average Bonchev–Trinajstić information content (AvgIpc) is 3.02. The summed E-state index contributed by atoms with van der Waals surface area (Å²) in [5.41, 5.74) is 6.29. The van der Waals surface area contributed by atoms with Crippen LogP contribution >= 0.6 is 0 Å². The Morgan fingerprint density at radius 2 is 1.96 bits per heavy atom. The molecule has 0 heterocycles. The lowest BCUT2D eigenvalue weighted by molar-refractivity contribution is -0.141. The molecule has 0 bridgehead atoms. The van der Waals surface area contributed by atoms with Gasteiger partial charge in [-0.05, 0) is 63.4 Å². The molecule has 2 amide bonds. The van der Waals surface area contributed by atoms with Crippen molar-refractivity contribution in [2.24, 2.45) is 17.6 Å². The van der Waals surface area contributed by atoms with Crippen LogP contribution in [0.2, 0.25) is 0 Å². The highest BCUT2D eigenvalue weighted by atomic mass is 19.1. The molecule has 0 aliphatic heterocycles. The van der Waals surface area contributed by atoms with E-state index in [-0.39, 0.29) is 42.1 Å². The van der Waals surface area contributed by atoms with E-state index in [4.69, 9.17) is 5.73 Å². The summed E-state index contributed by atoms with van der Waals surface area (Å²) in [6.07, 6.45) is 2.82. The first kappa shape index (κ1) is 18.4. The average molecular weight is 335 g/mol. The second-order valence-corrected chi connectivity index (χ2v) is 6.65. The monoisotopic (exact) mass is 335 g/mol. The van der Waals surface area contributed by atoms with Crippen molar-refractivity contribution in [3.8, 4) is 0 Å². The van der Waals surface area contributed by atoms with Gasteiger partial charge < -0.3 is 16.0 Å². The minimum Gasteiger partial charge on any atom is -0.331 e. The van der Waals surface area contributed by atoms with Gasteiger partial charge in [-0.3, -0.25) is 9.59 Å². The zero-order valence-electron chi connectivity index (χ0n) is 14.3. The predicted molar refractivity (Wildman–Crippen MR) is 91.8 cm³/mol. The lowest BCUT2D eigenvalue weighted by Gasteiger charge is -2.30. The molecule has 0 saturated heterocycles. The molecule has 1 aliphatic carbocycles. The van der Waals surface area contributed by atoms with Crippen molar-refractivity contribution in [3.63, 3.8) is 0 Å². The minimum absolute atomic E-state index is 0.00667. The van der Waals surface area contributed by atoms with Gasteiger partial charge in [-0.1, -0.05) is 6.42 Å². The van der Waals surface area contributed by atoms with E-state index in [1.807, 2.05) is 13.8 Å². The number of benzene rings is 1. The minimum atomic E-state index is -0.360. The summed E-state index contributed by atoms with van der Waals surface area (Å²) in [7, 11) is 0. The van der Waals surface area contributed by atoms with Gasteiger partial charge >= 0.3 is 0 Å². The molecule has 2 atom stereocenters. The number of rotatable bonds is 6. The molecule has 6 heteroatoms. The molecule has 0 unspecified atom stereocenters. The summed E-state index contributed by atoms with van der Waals surface area (Å²) in [4.78, 5) is 26.7. The number of nitrogens with two attached hydrogens (primary N) is 1. The Morgan fingerprint density at radius 1 is 1.29 bits per heavy atom. The predicted octanol–water partition coefficient (Wildman–Crippen LogP) is 2.38. The van der Waals surface area contributed by atoms with Crippen LogP contribution in [0.1, 0.15) is 33.1 Å². The van der Waals surface area contributed by atoms with E-state index in [2.05, 4.69) is 5.32 Å². The van der Waals surface area contributed by atoms with Gasteiger partial charge in [0, 0.05) is 17.6 Å². The van der Waals surface area contributed by atoms with Crippen molar-refractivity contribution in [2.45, 2.75) is 39.2 Å². The zero-order valence-corrected chi connectivity index (χ0v) is 14.3. The van der Waals surface area contributed by atoms with Gasteiger partial charge in [-0.25, -0.2) is 4.39 Å². The van der Waals surface area contributed by atoms with Crippen LogP contribution in [0, 0.1) is 17.7 Å². The van der Waals surface area contributed by atoms with Crippen LogP contribution in [0.25, 0.3) is 0 Å². The van der Waals surface area contributed by atoms with E-state index < -0.39 is 0 Å². The summed E-state index contributed by atoms with van der Waals surface area (Å²) >= 11 is 0. The van der Waals surface area contributed by atoms with Crippen LogP contribution in [0.5, 0.6) is 0 Å². The zero-order chi connectivity index (χ0) is 17.7. The van der Waals surface area contributed by atoms with Crippen LogP contribution in [-0.4, -0.2) is 35.8 Å². The summed E-state index contributed by atoms with van der Waals surface area (Å²) in [6, 6.07) is 5.49. The molecule has 1 aromatic carbocycles. The fraction of sp³-hybridized carbons (Fsp3) is 0.556. The highest BCUT2D eigenvalue weighted by Gasteiger charge is 2.36. The van der Waals surface area contributed by atoms with Crippen molar-refractivity contribution in [2.75, 3.05) is 18.4 Å². The van der Waals surface area contributed by atoms with E-state index in [1.54, 1.807) is 4.90 Å². The van der Waals surface area contributed by atoms with E-state index in [9.17, 15) is 14.0 Å². The molecular formula is C18H26FN3O2. The lowest BCUT2D eigenvalue weighted by Crippen LogP contribution is -2.46. The molecule has 0 spiro atoms. The van der Waals surface area contributed by atoms with Crippen molar-refractivity contribution in [3.05, 3.63) is 30.1 Å². The summed E-state index contributed by atoms with van der Waals surface area (Å²) in [5, 5.41) is 2.70. The number of nitrogens with zero attached hydrogens (tertiary/aromatic N) is 1. The maximum atomic E-state index is 12.9. The molecule has 1 fully saturated rings.